The smallest absolute Gasteiger partial charge is 0.292 e. The largest absolute Gasteiger partial charge is 0.377 e. The second-order valence-corrected chi connectivity index (χ2v) is 8.35. The van der Waals surface area contributed by atoms with Gasteiger partial charge in [0.25, 0.3) is 5.69 Å². The van der Waals surface area contributed by atoms with Crippen LogP contribution in [0.1, 0.15) is 57.9 Å². The molecule has 1 N–H and O–H groups in total. The van der Waals surface area contributed by atoms with Crippen LogP contribution in [0.3, 0.4) is 0 Å². The van der Waals surface area contributed by atoms with E-state index in [1.54, 1.807) is 12.1 Å². The Morgan fingerprint density at radius 1 is 1.15 bits per heavy atom. The number of nitro benzene ring substituents is 1. The SMILES string of the molecule is Cc1ccc([N+](=O)[O-])c(NC2CCN([C@H]3CC[C@H](OC(C)C)CC3)CC2)c1. The summed E-state index contributed by atoms with van der Waals surface area (Å²) in [7, 11) is 0. The average Bonchev–Trinajstić information content (AvgIpc) is 2.62. The number of hydrogen-bond donors (Lipinski definition) is 1. The van der Waals surface area contributed by atoms with E-state index < -0.39 is 0 Å². The molecule has 1 aliphatic carbocycles. The minimum atomic E-state index is -0.297. The van der Waals surface area contributed by atoms with E-state index in [1.807, 2.05) is 13.0 Å². The molecule has 6 heteroatoms. The molecule has 0 aromatic heterocycles. The highest BCUT2D eigenvalue weighted by molar-refractivity contribution is 5.63. The van der Waals surface area contributed by atoms with Gasteiger partial charge in [-0.2, -0.15) is 0 Å². The molecule has 1 saturated carbocycles. The fourth-order valence-corrected chi connectivity index (χ4v) is 4.48. The summed E-state index contributed by atoms with van der Waals surface area (Å²) < 4.78 is 5.97. The van der Waals surface area contributed by atoms with Gasteiger partial charge in [-0.25, -0.2) is 0 Å². The third-order valence-corrected chi connectivity index (χ3v) is 5.86. The fourth-order valence-electron chi connectivity index (χ4n) is 4.48. The van der Waals surface area contributed by atoms with Gasteiger partial charge in [-0.3, -0.25) is 10.1 Å². The summed E-state index contributed by atoms with van der Waals surface area (Å²) in [6.07, 6.45) is 7.59. The maximum Gasteiger partial charge on any atom is 0.292 e. The third-order valence-electron chi connectivity index (χ3n) is 5.86. The van der Waals surface area contributed by atoms with E-state index >= 15 is 0 Å². The van der Waals surface area contributed by atoms with Crippen molar-refractivity contribution in [2.45, 2.75) is 83.6 Å². The van der Waals surface area contributed by atoms with Crippen LogP contribution in [0.2, 0.25) is 0 Å². The molecule has 6 nitrogen and oxygen atoms in total. The second-order valence-electron chi connectivity index (χ2n) is 8.35. The van der Waals surface area contributed by atoms with Gasteiger partial charge >= 0.3 is 0 Å². The highest BCUT2D eigenvalue weighted by Crippen LogP contribution is 2.30. The predicted molar refractivity (Wildman–Crippen MR) is 108 cm³/mol. The van der Waals surface area contributed by atoms with E-state index in [4.69, 9.17) is 4.74 Å². The number of anilines is 1. The Hall–Kier alpha value is -1.66. The van der Waals surface area contributed by atoms with Crippen molar-refractivity contribution in [1.29, 1.82) is 0 Å². The zero-order chi connectivity index (χ0) is 19.4. The highest BCUT2D eigenvalue weighted by Gasteiger charge is 2.30. The number of nitro groups is 1. The molecular formula is C21H33N3O3. The molecule has 1 aromatic carbocycles. The molecule has 2 fully saturated rings. The number of nitrogens with zero attached hydrogens (tertiary/aromatic N) is 2. The monoisotopic (exact) mass is 375 g/mol. The summed E-state index contributed by atoms with van der Waals surface area (Å²) >= 11 is 0. The van der Waals surface area contributed by atoms with Crippen molar-refractivity contribution < 1.29 is 9.66 Å². The lowest BCUT2D eigenvalue weighted by Gasteiger charge is -2.41. The molecule has 0 spiro atoms. The fraction of sp³-hybridized carbons (Fsp3) is 0.714. The summed E-state index contributed by atoms with van der Waals surface area (Å²) in [4.78, 5) is 13.6. The molecule has 1 aromatic rings. The Kier molecular flexibility index (Phi) is 6.71. The molecule has 0 atom stereocenters. The predicted octanol–water partition coefficient (Wildman–Crippen LogP) is 4.52. The Labute approximate surface area is 162 Å². The molecule has 3 rings (SSSR count). The molecule has 0 radical (unpaired) electrons. The molecule has 2 aliphatic rings. The summed E-state index contributed by atoms with van der Waals surface area (Å²) in [6.45, 7) is 8.33. The average molecular weight is 376 g/mol. The van der Waals surface area contributed by atoms with Crippen LogP contribution in [0.5, 0.6) is 0 Å². The first-order chi connectivity index (χ1) is 12.9. The summed E-state index contributed by atoms with van der Waals surface area (Å²) in [6, 6.07) is 6.27. The first kappa shape index (κ1) is 20.1. The number of rotatable bonds is 6. The van der Waals surface area contributed by atoms with E-state index in [0.29, 0.717) is 30.0 Å². The number of nitrogens with one attached hydrogen (secondary N) is 1. The van der Waals surface area contributed by atoms with Gasteiger partial charge in [-0.15, -0.1) is 0 Å². The standard InChI is InChI=1S/C21H33N3O3/c1-15(2)27-19-7-5-18(6-8-19)23-12-10-17(11-13-23)22-20-14-16(3)4-9-21(20)24(25)26/h4,9,14-15,17-19,22H,5-8,10-13H2,1-3H3/t18-,19-. The number of piperidine rings is 1. The van der Waals surface area contributed by atoms with Crippen LogP contribution in [-0.4, -0.2) is 47.2 Å². The highest BCUT2D eigenvalue weighted by atomic mass is 16.6. The van der Waals surface area contributed by atoms with Gasteiger partial charge in [0.05, 0.1) is 17.1 Å². The van der Waals surface area contributed by atoms with Gasteiger partial charge in [-0.1, -0.05) is 6.07 Å². The van der Waals surface area contributed by atoms with Gasteiger partial charge in [0.2, 0.25) is 0 Å². The number of aryl methyl sites for hydroxylation is 1. The van der Waals surface area contributed by atoms with Crippen LogP contribution >= 0.6 is 0 Å². The first-order valence-corrected chi connectivity index (χ1v) is 10.3. The zero-order valence-corrected chi connectivity index (χ0v) is 16.8. The van der Waals surface area contributed by atoms with Gasteiger partial charge in [0, 0.05) is 31.2 Å². The molecule has 1 aliphatic heterocycles. The van der Waals surface area contributed by atoms with Crippen molar-refractivity contribution in [3.05, 3.63) is 33.9 Å². The maximum atomic E-state index is 11.3. The molecule has 0 unspecified atom stereocenters. The summed E-state index contributed by atoms with van der Waals surface area (Å²) in [5.74, 6) is 0. The second kappa shape index (κ2) is 9.02. The van der Waals surface area contributed by atoms with Crippen molar-refractivity contribution in [2.24, 2.45) is 0 Å². The summed E-state index contributed by atoms with van der Waals surface area (Å²) in [5, 5.41) is 14.7. The van der Waals surface area contributed by atoms with Gasteiger partial charge in [0.1, 0.15) is 5.69 Å². The zero-order valence-electron chi connectivity index (χ0n) is 16.8. The Morgan fingerprint density at radius 3 is 2.41 bits per heavy atom. The van der Waals surface area contributed by atoms with Crippen molar-refractivity contribution in [1.82, 2.24) is 4.90 Å². The minimum Gasteiger partial charge on any atom is -0.377 e. The molecule has 27 heavy (non-hydrogen) atoms. The number of likely N-dealkylation sites (tertiary alicyclic amines) is 1. The lowest BCUT2D eigenvalue weighted by molar-refractivity contribution is -0.384. The molecule has 1 heterocycles. The van der Waals surface area contributed by atoms with Crippen molar-refractivity contribution in [2.75, 3.05) is 18.4 Å². The normalized spacial score (nSPS) is 24.9. The van der Waals surface area contributed by atoms with Gasteiger partial charge in [-0.05, 0) is 70.9 Å². The topological polar surface area (TPSA) is 67.6 Å². The molecule has 0 bridgehead atoms. The molecule has 1 saturated heterocycles. The van der Waals surface area contributed by atoms with E-state index in [-0.39, 0.29) is 10.6 Å². The molecular weight excluding hydrogens is 342 g/mol. The number of ether oxygens (including phenoxy) is 1. The van der Waals surface area contributed by atoms with E-state index in [1.165, 1.54) is 12.8 Å². The van der Waals surface area contributed by atoms with Gasteiger partial charge < -0.3 is 15.0 Å². The Bertz CT molecular complexity index is 634. The number of benzene rings is 1. The number of hydrogen-bond acceptors (Lipinski definition) is 5. The minimum absolute atomic E-state index is 0.173. The molecule has 0 amide bonds. The van der Waals surface area contributed by atoms with Crippen LogP contribution in [0.25, 0.3) is 0 Å². The van der Waals surface area contributed by atoms with Gasteiger partial charge in [0.15, 0.2) is 0 Å². The molecule has 150 valence electrons. The van der Waals surface area contributed by atoms with E-state index in [0.717, 1.165) is 44.3 Å². The quantitative estimate of drug-likeness (QED) is 0.585. The summed E-state index contributed by atoms with van der Waals surface area (Å²) in [5.41, 5.74) is 1.87. The van der Waals surface area contributed by atoms with Crippen LogP contribution in [0.4, 0.5) is 11.4 Å². The maximum absolute atomic E-state index is 11.3. The lowest BCUT2D eigenvalue weighted by atomic mass is 9.90. The lowest BCUT2D eigenvalue weighted by Crippen LogP contribution is -2.46. The Morgan fingerprint density at radius 2 is 1.81 bits per heavy atom. The van der Waals surface area contributed by atoms with Crippen molar-refractivity contribution in [3.63, 3.8) is 0 Å². The van der Waals surface area contributed by atoms with E-state index in [2.05, 4.69) is 24.1 Å². The third kappa shape index (κ3) is 5.42. The van der Waals surface area contributed by atoms with Crippen LogP contribution < -0.4 is 5.32 Å². The van der Waals surface area contributed by atoms with E-state index in [9.17, 15) is 10.1 Å². The van der Waals surface area contributed by atoms with Crippen LogP contribution in [0.15, 0.2) is 18.2 Å². The van der Waals surface area contributed by atoms with Crippen molar-refractivity contribution >= 4 is 11.4 Å². The Balaban J connectivity index is 1.49. The van der Waals surface area contributed by atoms with Crippen molar-refractivity contribution in [3.8, 4) is 0 Å². The van der Waals surface area contributed by atoms with Crippen LogP contribution in [0, 0.1) is 17.0 Å². The first-order valence-electron chi connectivity index (χ1n) is 10.3. The van der Waals surface area contributed by atoms with Crippen LogP contribution in [-0.2, 0) is 4.74 Å².